The van der Waals surface area contributed by atoms with Crippen molar-refractivity contribution >= 4 is 0 Å². The molecule has 0 saturated carbocycles. The molecule has 4 nitrogen and oxygen atoms in total. The number of rotatable bonds is 4. The van der Waals surface area contributed by atoms with Gasteiger partial charge in [0.15, 0.2) is 0 Å². The lowest BCUT2D eigenvalue weighted by molar-refractivity contribution is -0.0244. The third-order valence-corrected chi connectivity index (χ3v) is 5.67. The van der Waals surface area contributed by atoms with Gasteiger partial charge in [-0.1, -0.05) is 31.2 Å². The van der Waals surface area contributed by atoms with E-state index in [0.29, 0.717) is 6.04 Å². The van der Waals surface area contributed by atoms with Crippen LogP contribution in [0.25, 0.3) is 0 Å². The Balaban J connectivity index is 1.53. The average Bonchev–Trinajstić information content (AvgIpc) is 2.67. The molecule has 1 N–H and O–H groups in total. The minimum Gasteiger partial charge on any atom is -0.487 e. The van der Waals surface area contributed by atoms with Crippen LogP contribution >= 0.6 is 0 Å². The topological polar surface area (TPSA) is 37.4 Å². The van der Waals surface area contributed by atoms with Crippen molar-refractivity contribution in [3.05, 3.63) is 59.9 Å². The minimum atomic E-state index is -0.0260. The number of hydrogen-bond donors (Lipinski definition) is 1. The standard InChI is InChI=1S/C21H27N3O/c1-2-24-13-10-21(11-14-24)15-19(18-8-3-4-9-20(18)25-21)23-16-17-7-5-6-12-22-17/h3-9,12,19,23H,2,10-11,13-16H2,1H3. The molecule has 0 radical (unpaired) electrons. The molecule has 4 heteroatoms. The second-order valence-electron chi connectivity index (χ2n) is 7.22. The first kappa shape index (κ1) is 16.6. The highest BCUT2D eigenvalue weighted by Gasteiger charge is 2.42. The van der Waals surface area contributed by atoms with E-state index in [1.165, 1.54) is 5.56 Å². The normalized spacial score (nSPS) is 22.4. The number of ether oxygens (including phenoxy) is 1. The van der Waals surface area contributed by atoms with Gasteiger partial charge in [0, 0.05) is 43.9 Å². The lowest BCUT2D eigenvalue weighted by Gasteiger charge is -2.47. The van der Waals surface area contributed by atoms with Crippen molar-refractivity contribution in [2.75, 3.05) is 19.6 Å². The Kier molecular flexibility index (Phi) is 4.73. The van der Waals surface area contributed by atoms with Gasteiger partial charge in [-0.2, -0.15) is 0 Å². The summed E-state index contributed by atoms with van der Waals surface area (Å²) in [7, 11) is 0. The molecule has 1 aromatic heterocycles. The van der Waals surface area contributed by atoms with Gasteiger partial charge >= 0.3 is 0 Å². The van der Waals surface area contributed by atoms with Crippen molar-refractivity contribution < 1.29 is 4.74 Å². The van der Waals surface area contributed by atoms with Gasteiger partial charge in [0.1, 0.15) is 11.4 Å². The summed E-state index contributed by atoms with van der Waals surface area (Å²) in [6.45, 7) is 6.43. The summed E-state index contributed by atoms with van der Waals surface area (Å²) in [6.07, 6.45) is 5.11. The smallest absolute Gasteiger partial charge is 0.124 e. The van der Waals surface area contributed by atoms with Crippen LogP contribution in [-0.4, -0.2) is 35.1 Å². The third-order valence-electron chi connectivity index (χ3n) is 5.67. The highest BCUT2D eigenvalue weighted by Crippen LogP contribution is 2.44. The van der Waals surface area contributed by atoms with E-state index in [1.807, 2.05) is 18.3 Å². The number of nitrogens with zero attached hydrogens (tertiary/aromatic N) is 2. The fourth-order valence-electron chi connectivity index (χ4n) is 4.11. The van der Waals surface area contributed by atoms with E-state index in [1.54, 1.807) is 0 Å². The Labute approximate surface area is 150 Å². The molecule has 25 heavy (non-hydrogen) atoms. The van der Waals surface area contributed by atoms with E-state index in [2.05, 4.69) is 52.5 Å². The number of hydrogen-bond acceptors (Lipinski definition) is 4. The van der Waals surface area contributed by atoms with E-state index in [0.717, 1.165) is 56.9 Å². The van der Waals surface area contributed by atoms with Gasteiger partial charge in [0.05, 0.1) is 5.69 Å². The monoisotopic (exact) mass is 337 g/mol. The van der Waals surface area contributed by atoms with Crippen LogP contribution in [0.3, 0.4) is 0 Å². The zero-order valence-corrected chi connectivity index (χ0v) is 14.9. The lowest BCUT2D eigenvalue weighted by atomic mass is 9.80. The molecule has 1 atom stereocenters. The van der Waals surface area contributed by atoms with Crippen LogP contribution in [0.2, 0.25) is 0 Å². The molecule has 2 aromatic rings. The van der Waals surface area contributed by atoms with Crippen LogP contribution in [0, 0.1) is 0 Å². The quantitative estimate of drug-likeness (QED) is 0.926. The molecule has 1 saturated heterocycles. The number of benzene rings is 1. The molecule has 0 aliphatic carbocycles. The first-order valence-electron chi connectivity index (χ1n) is 9.42. The molecular weight excluding hydrogens is 310 g/mol. The summed E-state index contributed by atoms with van der Waals surface area (Å²) in [5, 5.41) is 3.73. The Morgan fingerprint density at radius 3 is 2.72 bits per heavy atom. The molecule has 2 aliphatic heterocycles. The van der Waals surface area contributed by atoms with E-state index in [4.69, 9.17) is 4.74 Å². The van der Waals surface area contributed by atoms with Crippen LogP contribution < -0.4 is 10.1 Å². The van der Waals surface area contributed by atoms with Gasteiger partial charge in [-0.3, -0.25) is 4.98 Å². The highest BCUT2D eigenvalue weighted by atomic mass is 16.5. The van der Waals surface area contributed by atoms with Crippen molar-refractivity contribution in [3.63, 3.8) is 0 Å². The number of aromatic nitrogens is 1. The number of pyridine rings is 1. The van der Waals surface area contributed by atoms with Crippen LogP contribution in [-0.2, 0) is 6.54 Å². The Morgan fingerprint density at radius 2 is 1.96 bits per heavy atom. The average molecular weight is 337 g/mol. The van der Waals surface area contributed by atoms with Crippen LogP contribution in [0.15, 0.2) is 48.7 Å². The number of piperidine rings is 1. The molecule has 4 rings (SSSR count). The molecule has 1 spiro atoms. The number of nitrogens with one attached hydrogen (secondary N) is 1. The van der Waals surface area contributed by atoms with E-state index < -0.39 is 0 Å². The maximum absolute atomic E-state index is 6.55. The molecule has 3 heterocycles. The zero-order valence-electron chi connectivity index (χ0n) is 14.9. The molecule has 1 unspecified atom stereocenters. The van der Waals surface area contributed by atoms with E-state index in [9.17, 15) is 0 Å². The first-order valence-corrected chi connectivity index (χ1v) is 9.42. The fourth-order valence-corrected chi connectivity index (χ4v) is 4.11. The Morgan fingerprint density at radius 1 is 1.16 bits per heavy atom. The summed E-state index contributed by atoms with van der Waals surface area (Å²) in [5.74, 6) is 1.05. The fraction of sp³-hybridized carbons (Fsp3) is 0.476. The SMILES string of the molecule is CCN1CCC2(CC1)CC(NCc1ccccn1)c1ccccc1O2. The van der Waals surface area contributed by atoms with E-state index in [-0.39, 0.29) is 5.60 Å². The van der Waals surface area contributed by atoms with Gasteiger partial charge in [-0.05, 0) is 37.6 Å². The number of para-hydroxylation sites is 1. The summed E-state index contributed by atoms with van der Waals surface area (Å²) in [6, 6.07) is 14.9. The third kappa shape index (κ3) is 3.55. The van der Waals surface area contributed by atoms with Crippen molar-refractivity contribution in [3.8, 4) is 5.75 Å². The van der Waals surface area contributed by atoms with Crippen LogP contribution in [0.1, 0.15) is 43.5 Å². The number of likely N-dealkylation sites (tertiary alicyclic amines) is 1. The van der Waals surface area contributed by atoms with Gasteiger partial charge in [0.2, 0.25) is 0 Å². The molecule has 0 bridgehead atoms. The second-order valence-corrected chi connectivity index (χ2v) is 7.22. The van der Waals surface area contributed by atoms with Gasteiger partial charge in [-0.25, -0.2) is 0 Å². The predicted octanol–water partition coefficient (Wildman–Crippen LogP) is 3.55. The summed E-state index contributed by atoms with van der Waals surface area (Å²) >= 11 is 0. The molecular formula is C21H27N3O. The predicted molar refractivity (Wildman–Crippen MR) is 99.6 cm³/mol. The zero-order chi connectivity index (χ0) is 17.1. The van der Waals surface area contributed by atoms with Crippen LogP contribution in [0.4, 0.5) is 0 Å². The van der Waals surface area contributed by atoms with Gasteiger partial charge < -0.3 is 15.0 Å². The summed E-state index contributed by atoms with van der Waals surface area (Å²) < 4.78 is 6.55. The van der Waals surface area contributed by atoms with Crippen molar-refractivity contribution in [2.45, 2.75) is 44.4 Å². The second kappa shape index (κ2) is 7.14. The minimum absolute atomic E-state index is 0.0260. The largest absolute Gasteiger partial charge is 0.487 e. The molecule has 132 valence electrons. The molecule has 2 aliphatic rings. The molecule has 1 aromatic carbocycles. The summed E-state index contributed by atoms with van der Waals surface area (Å²) in [4.78, 5) is 6.96. The molecule has 1 fully saturated rings. The first-order chi connectivity index (χ1) is 12.3. The lowest BCUT2D eigenvalue weighted by Crippen LogP contribution is -2.51. The maximum atomic E-state index is 6.55. The van der Waals surface area contributed by atoms with Crippen molar-refractivity contribution in [1.82, 2.24) is 15.2 Å². The van der Waals surface area contributed by atoms with Crippen molar-refractivity contribution in [1.29, 1.82) is 0 Å². The Hall–Kier alpha value is -1.91. The number of fused-ring (bicyclic) bond motifs is 1. The van der Waals surface area contributed by atoms with Crippen LogP contribution in [0.5, 0.6) is 5.75 Å². The van der Waals surface area contributed by atoms with Gasteiger partial charge in [-0.15, -0.1) is 0 Å². The van der Waals surface area contributed by atoms with Gasteiger partial charge in [0.25, 0.3) is 0 Å². The Bertz CT molecular complexity index is 695. The maximum Gasteiger partial charge on any atom is 0.124 e. The highest BCUT2D eigenvalue weighted by molar-refractivity contribution is 5.39. The summed E-state index contributed by atoms with van der Waals surface area (Å²) in [5.41, 5.74) is 2.34. The van der Waals surface area contributed by atoms with Crippen molar-refractivity contribution in [2.24, 2.45) is 0 Å². The van der Waals surface area contributed by atoms with E-state index >= 15 is 0 Å². The molecule has 0 amide bonds.